The molecular weight excluding hydrogens is 220 g/mol. The molecule has 100 valence electrons. The average Bonchev–Trinajstić information content (AvgIpc) is 2.42. The molecule has 0 bridgehead atoms. The van der Waals surface area contributed by atoms with Gasteiger partial charge in [-0.15, -0.1) is 0 Å². The number of hydrogen-bond acceptors (Lipinski definition) is 2. The summed E-state index contributed by atoms with van der Waals surface area (Å²) in [5, 5.41) is 0. The van der Waals surface area contributed by atoms with Crippen LogP contribution in [0.15, 0.2) is 30.3 Å². The van der Waals surface area contributed by atoms with Gasteiger partial charge in [0.1, 0.15) is 0 Å². The summed E-state index contributed by atoms with van der Waals surface area (Å²) in [5.41, 5.74) is 4.48. The topological polar surface area (TPSA) is 38.0 Å². The molecular formula is C16H26N2. The molecule has 0 aromatic heterocycles. The van der Waals surface area contributed by atoms with E-state index in [0.29, 0.717) is 6.04 Å². The molecule has 0 saturated heterocycles. The van der Waals surface area contributed by atoms with Crippen LogP contribution < -0.4 is 11.3 Å². The standard InChI is InChI=1S/C16H26N2/c1-13-7-10-15(11-8-13)16(18-17)12-9-14-5-3-2-4-6-14/h2-6,13,15-16,18H,7-12,17H2,1H3. The first-order valence-electron chi connectivity index (χ1n) is 7.29. The maximum atomic E-state index is 5.75. The van der Waals surface area contributed by atoms with Crippen molar-refractivity contribution in [2.45, 2.75) is 51.5 Å². The van der Waals surface area contributed by atoms with Crippen molar-refractivity contribution in [2.24, 2.45) is 17.7 Å². The van der Waals surface area contributed by atoms with Crippen LogP contribution in [0.4, 0.5) is 0 Å². The van der Waals surface area contributed by atoms with E-state index < -0.39 is 0 Å². The van der Waals surface area contributed by atoms with Crippen molar-refractivity contribution in [3.63, 3.8) is 0 Å². The molecule has 2 heteroatoms. The van der Waals surface area contributed by atoms with Crippen LogP contribution in [0.2, 0.25) is 0 Å². The Labute approximate surface area is 111 Å². The van der Waals surface area contributed by atoms with Gasteiger partial charge in [-0.25, -0.2) is 0 Å². The van der Waals surface area contributed by atoms with Crippen LogP contribution in [0.25, 0.3) is 0 Å². The van der Waals surface area contributed by atoms with Gasteiger partial charge in [-0.3, -0.25) is 11.3 Å². The van der Waals surface area contributed by atoms with Gasteiger partial charge in [0.05, 0.1) is 0 Å². The lowest BCUT2D eigenvalue weighted by Gasteiger charge is -2.32. The highest BCUT2D eigenvalue weighted by molar-refractivity contribution is 5.14. The molecule has 1 aliphatic rings. The number of nitrogens with two attached hydrogens (primary N) is 1. The highest BCUT2D eigenvalue weighted by Gasteiger charge is 2.24. The first-order chi connectivity index (χ1) is 8.79. The molecule has 1 saturated carbocycles. The van der Waals surface area contributed by atoms with Crippen molar-refractivity contribution in [1.82, 2.24) is 5.43 Å². The maximum absolute atomic E-state index is 5.75. The average molecular weight is 246 g/mol. The van der Waals surface area contributed by atoms with Crippen molar-refractivity contribution in [2.75, 3.05) is 0 Å². The number of benzene rings is 1. The second kappa shape index (κ2) is 6.91. The molecule has 0 aliphatic heterocycles. The third kappa shape index (κ3) is 3.82. The predicted octanol–water partition coefficient (Wildman–Crippen LogP) is 3.28. The highest BCUT2D eigenvalue weighted by atomic mass is 15.2. The highest BCUT2D eigenvalue weighted by Crippen LogP contribution is 2.31. The monoisotopic (exact) mass is 246 g/mol. The first kappa shape index (κ1) is 13.6. The molecule has 18 heavy (non-hydrogen) atoms. The van der Waals surface area contributed by atoms with Gasteiger partial charge in [0.2, 0.25) is 0 Å². The van der Waals surface area contributed by atoms with Crippen LogP contribution in [0.1, 0.15) is 44.6 Å². The van der Waals surface area contributed by atoms with Crippen LogP contribution in [0, 0.1) is 11.8 Å². The minimum Gasteiger partial charge on any atom is -0.271 e. The second-order valence-electron chi connectivity index (χ2n) is 5.82. The molecule has 1 aromatic carbocycles. The van der Waals surface area contributed by atoms with Crippen LogP contribution in [-0.4, -0.2) is 6.04 Å². The number of rotatable bonds is 5. The lowest BCUT2D eigenvalue weighted by Crippen LogP contribution is -2.42. The molecule has 0 amide bonds. The van der Waals surface area contributed by atoms with Crippen molar-refractivity contribution in [3.05, 3.63) is 35.9 Å². The zero-order chi connectivity index (χ0) is 12.8. The Bertz CT molecular complexity index is 328. The molecule has 2 nitrogen and oxygen atoms in total. The fraction of sp³-hybridized carbons (Fsp3) is 0.625. The van der Waals surface area contributed by atoms with Crippen LogP contribution in [0.5, 0.6) is 0 Å². The zero-order valence-electron chi connectivity index (χ0n) is 11.4. The van der Waals surface area contributed by atoms with E-state index in [0.717, 1.165) is 24.7 Å². The largest absolute Gasteiger partial charge is 0.271 e. The van der Waals surface area contributed by atoms with E-state index in [-0.39, 0.29) is 0 Å². The van der Waals surface area contributed by atoms with Gasteiger partial charge in [-0.2, -0.15) is 0 Å². The van der Waals surface area contributed by atoms with Gasteiger partial charge in [-0.1, -0.05) is 50.1 Å². The number of nitrogens with one attached hydrogen (secondary N) is 1. The van der Waals surface area contributed by atoms with E-state index in [4.69, 9.17) is 5.84 Å². The van der Waals surface area contributed by atoms with Gasteiger partial charge in [0.15, 0.2) is 0 Å². The molecule has 2 rings (SSSR count). The number of hydrazine groups is 1. The lowest BCUT2D eigenvalue weighted by atomic mass is 9.78. The van der Waals surface area contributed by atoms with Crippen molar-refractivity contribution < 1.29 is 0 Å². The minimum absolute atomic E-state index is 0.484. The molecule has 1 aliphatic carbocycles. The van der Waals surface area contributed by atoms with Crippen LogP contribution in [-0.2, 0) is 6.42 Å². The Hall–Kier alpha value is -0.860. The Morgan fingerprint density at radius 3 is 2.44 bits per heavy atom. The van der Waals surface area contributed by atoms with Gasteiger partial charge < -0.3 is 0 Å². The third-order valence-electron chi connectivity index (χ3n) is 4.43. The first-order valence-corrected chi connectivity index (χ1v) is 7.29. The van der Waals surface area contributed by atoms with Gasteiger partial charge >= 0.3 is 0 Å². The van der Waals surface area contributed by atoms with Crippen LogP contribution >= 0.6 is 0 Å². The molecule has 1 aromatic rings. The normalized spacial score (nSPS) is 25.9. The van der Waals surface area contributed by atoms with Crippen molar-refractivity contribution in [3.8, 4) is 0 Å². The second-order valence-corrected chi connectivity index (χ2v) is 5.82. The maximum Gasteiger partial charge on any atom is 0.0241 e. The molecule has 3 N–H and O–H groups in total. The summed E-state index contributed by atoms with van der Waals surface area (Å²) in [5.74, 6) is 7.44. The molecule has 1 fully saturated rings. The summed E-state index contributed by atoms with van der Waals surface area (Å²) in [6, 6.07) is 11.2. The SMILES string of the molecule is CC1CCC(C(CCc2ccccc2)NN)CC1. The summed E-state index contributed by atoms with van der Waals surface area (Å²) in [7, 11) is 0. The fourth-order valence-electron chi connectivity index (χ4n) is 3.11. The fourth-order valence-corrected chi connectivity index (χ4v) is 3.11. The van der Waals surface area contributed by atoms with Gasteiger partial charge in [0.25, 0.3) is 0 Å². The summed E-state index contributed by atoms with van der Waals surface area (Å²) in [4.78, 5) is 0. The molecule has 1 atom stereocenters. The third-order valence-corrected chi connectivity index (χ3v) is 4.43. The lowest BCUT2D eigenvalue weighted by molar-refractivity contribution is 0.223. The molecule has 0 spiro atoms. The molecule has 0 radical (unpaired) electrons. The Morgan fingerprint density at radius 2 is 1.83 bits per heavy atom. The zero-order valence-corrected chi connectivity index (χ0v) is 11.4. The summed E-state index contributed by atoms with van der Waals surface area (Å²) in [6.45, 7) is 2.37. The van der Waals surface area contributed by atoms with E-state index >= 15 is 0 Å². The molecule has 1 unspecified atom stereocenters. The van der Waals surface area contributed by atoms with Gasteiger partial charge in [0, 0.05) is 6.04 Å². The minimum atomic E-state index is 0.484. The Kier molecular flexibility index (Phi) is 5.21. The van der Waals surface area contributed by atoms with E-state index in [2.05, 4.69) is 42.7 Å². The van der Waals surface area contributed by atoms with E-state index in [1.165, 1.54) is 31.2 Å². The molecule has 0 heterocycles. The summed E-state index contributed by atoms with van der Waals surface area (Å²) in [6.07, 6.45) is 7.69. The number of hydrogen-bond donors (Lipinski definition) is 2. The van der Waals surface area contributed by atoms with E-state index in [9.17, 15) is 0 Å². The smallest absolute Gasteiger partial charge is 0.0241 e. The quantitative estimate of drug-likeness (QED) is 0.618. The van der Waals surface area contributed by atoms with Crippen molar-refractivity contribution in [1.29, 1.82) is 0 Å². The predicted molar refractivity (Wildman–Crippen MR) is 77.0 cm³/mol. The van der Waals surface area contributed by atoms with E-state index in [1.54, 1.807) is 0 Å². The summed E-state index contributed by atoms with van der Waals surface area (Å²) >= 11 is 0. The number of aryl methyl sites for hydroxylation is 1. The Morgan fingerprint density at radius 1 is 1.17 bits per heavy atom. The van der Waals surface area contributed by atoms with E-state index in [1.807, 2.05) is 0 Å². The Balaban J connectivity index is 1.82. The van der Waals surface area contributed by atoms with Gasteiger partial charge in [-0.05, 0) is 43.1 Å². The van der Waals surface area contributed by atoms with Crippen LogP contribution in [0.3, 0.4) is 0 Å². The van der Waals surface area contributed by atoms with Crippen molar-refractivity contribution >= 4 is 0 Å². The summed E-state index contributed by atoms with van der Waals surface area (Å²) < 4.78 is 0.